The second kappa shape index (κ2) is 4.25. The van der Waals surface area contributed by atoms with Gasteiger partial charge in [0.05, 0.1) is 12.0 Å². The Labute approximate surface area is 112 Å². The number of halogens is 1. The predicted octanol–water partition coefficient (Wildman–Crippen LogP) is 2.71. The predicted molar refractivity (Wildman–Crippen MR) is 79.1 cm³/mol. The monoisotopic (exact) mass is 350 g/mol. The molecule has 0 saturated carbocycles. The summed E-state index contributed by atoms with van der Waals surface area (Å²) < 4.78 is 8.13. The lowest BCUT2D eigenvalue weighted by Crippen LogP contribution is -2.35. The molecule has 16 heavy (non-hydrogen) atoms. The van der Waals surface area contributed by atoms with E-state index in [9.17, 15) is 0 Å². The number of hydrogen-bond acceptors (Lipinski definition) is 2. The molecule has 1 aromatic rings. The Morgan fingerprint density at radius 1 is 1.50 bits per heavy atom. The van der Waals surface area contributed by atoms with Crippen LogP contribution in [0.15, 0.2) is 12.4 Å². The molecule has 0 aromatic carbocycles. The molecule has 1 aliphatic heterocycles. The number of rotatable bonds is 2. The van der Waals surface area contributed by atoms with Gasteiger partial charge < -0.3 is 4.65 Å². The summed E-state index contributed by atoms with van der Waals surface area (Å²) in [6.07, 6.45) is 5.77. The average molecular weight is 350 g/mol. The van der Waals surface area contributed by atoms with Crippen LogP contribution in [0.25, 0.3) is 0 Å². The summed E-state index contributed by atoms with van der Waals surface area (Å²) in [4.78, 5) is 0. The molecular formula is C10H17BIN2OP. The summed E-state index contributed by atoms with van der Waals surface area (Å²) in [5.74, 6) is 0. The quantitative estimate of drug-likeness (QED) is 0.466. The van der Waals surface area contributed by atoms with E-state index in [4.69, 9.17) is 4.65 Å². The normalized spacial score (nSPS) is 23.4. The van der Waals surface area contributed by atoms with Crippen LogP contribution in [0, 0.1) is 5.41 Å². The average Bonchev–Trinajstić information content (AvgIpc) is 2.70. The molecule has 1 fully saturated rings. The van der Waals surface area contributed by atoms with Crippen LogP contribution in [0.5, 0.6) is 0 Å². The van der Waals surface area contributed by atoms with Gasteiger partial charge in [0.2, 0.25) is 0 Å². The molecule has 0 radical (unpaired) electrons. The highest BCUT2D eigenvalue weighted by molar-refractivity contribution is 14.2. The van der Waals surface area contributed by atoms with Gasteiger partial charge in [-0.3, -0.25) is 0 Å². The minimum Gasteiger partial charge on any atom is -0.425 e. The SMILES string of the molecule is CC1(C)CB(c2cnn(PI)c2)OC1(C)C. The highest BCUT2D eigenvalue weighted by Gasteiger charge is 2.50. The van der Waals surface area contributed by atoms with Gasteiger partial charge in [0, 0.05) is 12.4 Å². The molecule has 0 aliphatic carbocycles. The first-order valence-electron chi connectivity index (χ1n) is 5.45. The van der Waals surface area contributed by atoms with E-state index in [0.29, 0.717) is 6.37 Å². The zero-order chi connectivity index (χ0) is 12.0. The lowest BCUT2D eigenvalue weighted by atomic mass is 9.55. The zero-order valence-corrected chi connectivity index (χ0v) is 13.3. The zero-order valence-electron chi connectivity index (χ0n) is 10.1. The van der Waals surface area contributed by atoms with Crippen molar-refractivity contribution >= 4 is 40.8 Å². The fourth-order valence-electron chi connectivity index (χ4n) is 2.00. The summed E-state index contributed by atoms with van der Waals surface area (Å²) in [6, 6.07) is 0. The second-order valence-electron chi connectivity index (χ2n) is 5.51. The van der Waals surface area contributed by atoms with E-state index in [1.165, 1.54) is 5.46 Å². The Morgan fingerprint density at radius 3 is 2.62 bits per heavy atom. The molecule has 1 unspecified atom stereocenters. The van der Waals surface area contributed by atoms with Crippen LogP contribution in [0.3, 0.4) is 0 Å². The van der Waals surface area contributed by atoms with Crippen molar-refractivity contribution in [3.8, 4) is 0 Å². The van der Waals surface area contributed by atoms with Crippen molar-refractivity contribution in [3.63, 3.8) is 0 Å². The maximum atomic E-state index is 6.16. The molecule has 2 rings (SSSR count). The standard InChI is InChI=1S/C10H17BIN2OP/c1-9(2)7-11(15-10(9,3)4)8-5-13-14(6-8)16-12/h5-6,16H,7H2,1-4H3. The lowest BCUT2D eigenvalue weighted by molar-refractivity contribution is 0.0375. The molecule has 0 amide bonds. The number of aromatic nitrogens is 2. The summed E-state index contributed by atoms with van der Waals surface area (Å²) in [6.45, 7) is 9.11. The fourth-order valence-corrected chi connectivity index (χ4v) is 3.09. The van der Waals surface area contributed by atoms with Crippen LogP contribution in [-0.4, -0.2) is 22.1 Å². The van der Waals surface area contributed by atoms with Crippen LogP contribution >= 0.6 is 28.4 Å². The molecule has 3 nitrogen and oxygen atoms in total. The molecule has 1 aliphatic rings. The van der Waals surface area contributed by atoms with Gasteiger partial charge in [-0.25, -0.2) is 4.45 Å². The molecule has 1 atom stereocenters. The maximum Gasteiger partial charge on any atom is 0.331 e. The van der Waals surface area contributed by atoms with Gasteiger partial charge in [0.1, 0.15) is 0 Å². The Kier molecular flexibility index (Phi) is 3.41. The molecule has 0 spiro atoms. The third-order valence-corrected chi connectivity index (χ3v) is 5.72. The summed E-state index contributed by atoms with van der Waals surface area (Å²) in [7, 11) is 0. The Balaban J connectivity index is 2.20. The van der Waals surface area contributed by atoms with Gasteiger partial charge in [-0.2, -0.15) is 5.10 Å². The van der Waals surface area contributed by atoms with E-state index in [-0.39, 0.29) is 17.9 Å². The Bertz CT molecular complexity index is 378. The van der Waals surface area contributed by atoms with E-state index in [0.717, 1.165) is 6.32 Å². The van der Waals surface area contributed by atoms with Crippen LogP contribution in [0.1, 0.15) is 27.7 Å². The highest BCUT2D eigenvalue weighted by atomic mass is 127. The van der Waals surface area contributed by atoms with Crippen molar-refractivity contribution < 1.29 is 4.65 Å². The fraction of sp³-hybridized carbons (Fsp3) is 0.700. The van der Waals surface area contributed by atoms with Crippen molar-refractivity contribution in [2.24, 2.45) is 5.41 Å². The summed E-state index contributed by atoms with van der Waals surface area (Å²) in [5, 5.41) is 4.32. The third-order valence-electron chi connectivity index (χ3n) is 3.82. The Morgan fingerprint density at radius 2 is 2.19 bits per heavy atom. The minimum atomic E-state index is -0.0631. The van der Waals surface area contributed by atoms with Crippen LogP contribution in [0.4, 0.5) is 0 Å². The maximum absolute atomic E-state index is 6.16. The number of hydrogen-bond donors (Lipinski definition) is 0. The van der Waals surface area contributed by atoms with Crippen LogP contribution in [0.2, 0.25) is 6.32 Å². The van der Waals surface area contributed by atoms with Crippen LogP contribution < -0.4 is 5.46 Å². The molecule has 6 heteroatoms. The minimum absolute atomic E-state index is 0.0631. The van der Waals surface area contributed by atoms with Crippen molar-refractivity contribution in [1.29, 1.82) is 0 Å². The lowest BCUT2D eigenvalue weighted by Gasteiger charge is -2.34. The van der Waals surface area contributed by atoms with Crippen molar-refractivity contribution in [2.45, 2.75) is 39.6 Å². The van der Waals surface area contributed by atoms with Crippen molar-refractivity contribution in [1.82, 2.24) is 9.55 Å². The first-order chi connectivity index (χ1) is 7.36. The first-order valence-corrected chi connectivity index (χ1v) is 9.51. The summed E-state index contributed by atoms with van der Waals surface area (Å²) in [5.41, 5.74) is 1.36. The van der Waals surface area contributed by atoms with Gasteiger partial charge in [-0.05, 0) is 53.1 Å². The van der Waals surface area contributed by atoms with Gasteiger partial charge in [0.25, 0.3) is 0 Å². The van der Waals surface area contributed by atoms with E-state index in [2.05, 4.69) is 61.0 Å². The first kappa shape index (κ1) is 12.8. The smallest absolute Gasteiger partial charge is 0.331 e. The topological polar surface area (TPSA) is 27.1 Å². The van der Waals surface area contributed by atoms with Crippen LogP contribution in [-0.2, 0) is 4.65 Å². The molecule has 0 bridgehead atoms. The van der Waals surface area contributed by atoms with E-state index >= 15 is 0 Å². The molecule has 0 N–H and O–H groups in total. The Hall–Kier alpha value is 0.395. The highest BCUT2D eigenvalue weighted by Crippen LogP contribution is 2.45. The van der Waals surface area contributed by atoms with Crippen molar-refractivity contribution in [3.05, 3.63) is 12.4 Å². The largest absolute Gasteiger partial charge is 0.425 e. The van der Waals surface area contributed by atoms with Gasteiger partial charge in [-0.1, -0.05) is 13.8 Å². The van der Waals surface area contributed by atoms with Gasteiger partial charge in [-0.15, -0.1) is 0 Å². The second-order valence-corrected chi connectivity index (χ2v) is 7.58. The molecule has 2 heterocycles. The third kappa shape index (κ3) is 2.18. The molecular weight excluding hydrogens is 333 g/mol. The molecule has 88 valence electrons. The van der Waals surface area contributed by atoms with Gasteiger partial charge >= 0.3 is 6.92 Å². The molecule has 1 aromatic heterocycles. The van der Waals surface area contributed by atoms with E-state index < -0.39 is 0 Å². The van der Waals surface area contributed by atoms with E-state index in [1.54, 1.807) is 0 Å². The summed E-state index contributed by atoms with van der Waals surface area (Å²) >= 11 is 2.33. The molecule has 1 saturated heterocycles. The van der Waals surface area contributed by atoms with Crippen molar-refractivity contribution in [2.75, 3.05) is 0 Å². The van der Waals surface area contributed by atoms with E-state index in [1.807, 2.05) is 10.6 Å². The van der Waals surface area contributed by atoms with Gasteiger partial charge in [0.15, 0.2) is 0 Å². The number of nitrogens with zero attached hydrogens (tertiary/aromatic N) is 2.